The van der Waals surface area contributed by atoms with Gasteiger partial charge in [0.1, 0.15) is 0 Å². The van der Waals surface area contributed by atoms with Crippen LogP contribution in [-0.2, 0) is 9.59 Å². The normalized spacial score (nSPS) is 27.8. The van der Waals surface area contributed by atoms with Gasteiger partial charge in [-0.15, -0.1) is 0 Å². The zero-order chi connectivity index (χ0) is 19.3. The summed E-state index contributed by atoms with van der Waals surface area (Å²) in [4.78, 5) is 39.5. The molecule has 4 atom stereocenters. The molecule has 2 amide bonds. The van der Waals surface area contributed by atoms with Crippen molar-refractivity contribution in [3.05, 3.63) is 84.0 Å². The fraction of sp³-hybridized carbons (Fsp3) is 0.208. The summed E-state index contributed by atoms with van der Waals surface area (Å²) in [6.45, 7) is 0. The molecule has 0 N–H and O–H groups in total. The zero-order valence-corrected chi connectivity index (χ0v) is 15.2. The lowest BCUT2D eigenvalue weighted by Crippen LogP contribution is -2.32. The molecule has 0 radical (unpaired) electrons. The lowest BCUT2D eigenvalue weighted by atomic mass is 9.85. The number of imide groups is 1. The van der Waals surface area contributed by atoms with Gasteiger partial charge in [0, 0.05) is 5.56 Å². The largest absolute Gasteiger partial charge is 0.289 e. The second kappa shape index (κ2) is 6.41. The van der Waals surface area contributed by atoms with Crippen LogP contribution in [-0.4, -0.2) is 17.6 Å². The maximum Gasteiger partial charge on any atom is 0.238 e. The van der Waals surface area contributed by atoms with Crippen molar-refractivity contribution in [2.75, 3.05) is 4.90 Å². The number of hydrogen-bond acceptors (Lipinski definition) is 3. The SMILES string of the molecule is O=C(/C=C\c1cccc(N2C(=O)[C@H]3[C@H](C2=O)[C@H]2C=C[C@H]3C2)c1)c1ccccc1. The molecule has 5 rings (SSSR count). The Labute approximate surface area is 163 Å². The minimum Gasteiger partial charge on any atom is -0.289 e. The summed E-state index contributed by atoms with van der Waals surface area (Å²) in [5, 5.41) is 0. The summed E-state index contributed by atoms with van der Waals surface area (Å²) in [6.07, 6.45) is 8.34. The van der Waals surface area contributed by atoms with Gasteiger partial charge in [0.05, 0.1) is 17.5 Å². The van der Waals surface area contributed by atoms with Crippen molar-refractivity contribution in [3.63, 3.8) is 0 Å². The molecular weight excluding hydrogens is 350 g/mol. The Morgan fingerprint density at radius 2 is 1.57 bits per heavy atom. The number of rotatable bonds is 4. The molecule has 28 heavy (non-hydrogen) atoms. The molecule has 1 heterocycles. The predicted octanol–water partition coefficient (Wildman–Crippen LogP) is 3.89. The van der Waals surface area contributed by atoms with Gasteiger partial charge >= 0.3 is 0 Å². The molecule has 1 saturated carbocycles. The number of carbonyl (C=O) groups is 3. The summed E-state index contributed by atoms with van der Waals surface area (Å²) in [6, 6.07) is 16.3. The smallest absolute Gasteiger partial charge is 0.238 e. The van der Waals surface area contributed by atoms with Gasteiger partial charge in [-0.3, -0.25) is 14.4 Å². The first-order chi connectivity index (χ1) is 13.6. The minimum absolute atomic E-state index is 0.0866. The number of ketones is 1. The molecule has 2 fully saturated rings. The van der Waals surface area contributed by atoms with E-state index in [0.717, 1.165) is 12.0 Å². The van der Waals surface area contributed by atoms with E-state index in [2.05, 4.69) is 12.2 Å². The molecule has 138 valence electrons. The Kier molecular flexibility index (Phi) is 3.86. The maximum atomic E-state index is 12.9. The van der Waals surface area contributed by atoms with Gasteiger partial charge in [-0.1, -0.05) is 60.7 Å². The topological polar surface area (TPSA) is 54.5 Å². The second-order valence-electron chi connectivity index (χ2n) is 7.67. The third-order valence-electron chi connectivity index (χ3n) is 6.08. The van der Waals surface area contributed by atoms with Crippen LogP contribution < -0.4 is 4.90 Å². The van der Waals surface area contributed by atoms with Gasteiger partial charge in [-0.05, 0) is 42.0 Å². The molecule has 0 unspecified atom stereocenters. The molecule has 4 heteroatoms. The average molecular weight is 369 g/mol. The summed E-state index contributed by atoms with van der Waals surface area (Å²) in [7, 11) is 0. The lowest BCUT2D eigenvalue weighted by molar-refractivity contribution is -0.123. The molecule has 2 bridgehead atoms. The molecule has 3 aliphatic rings. The van der Waals surface area contributed by atoms with E-state index >= 15 is 0 Å². The maximum absolute atomic E-state index is 12.9. The van der Waals surface area contributed by atoms with Crippen LogP contribution in [0.5, 0.6) is 0 Å². The van der Waals surface area contributed by atoms with Gasteiger partial charge in [-0.25, -0.2) is 4.90 Å². The molecule has 1 aliphatic heterocycles. The zero-order valence-electron chi connectivity index (χ0n) is 15.2. The molecular formula is C24H19NO3. The second-order valence-corrected chi connectivity index (χ2v) is 7.67. The summed E-state index contributed by atoms with van der Waals surface area (Å²) in [5.74, 6) is -0.285. The first-order valence-electron chi connectivity index (χ1n) is 9.57. The van der Waals surface area contributed by atoms with E-state index in [1.807, 2.05) is 30.3 Å². The number of nitrogens with zero attached hydrogens (tertiary/aromatic N) is 1. The Morgan fingerprint density at radius 3 is 2.25 bits per heavy atom. The van der Waals surface area contributed by atoms with E-state index in [-0.39, 0.29) is 41.3 Å². The van der Waals surface area contributed by atoms with Crippen LogP contribution in [0.1, 0.15) is 22.3 Å². The van der Waals surface area contributed by atoms with Crippen molar-refractivity contribution in [1.82, 2.24) is 0 Å². The number of hydrogen-bond donors (Lipinski definition) is 0. The Hall–Kier alpha value is -3.27. The first kappa shape index (κ1) is 16.9. The van der Waals surface area contributed by atoms with Crippen molar-refractivity contribution in [1.29, 1.82) is 0 Å². The number of anilines is 1. The standard InChI is InChI=1S/C24H19NO3/c26-20(16-6-2-1-3-7-16)12-9-15-5-4-8-19(13-15)25-23(27)21-17-10-11-18(14-17)22(21)24(25)28/h1-13,17-18,21-22H,14H2/b12-9-/t17-,18-,21+,22+/m0/s1. The average Bonchev–Trinajstić information content (AvgIpc) is 3.41. The molecule has 1 saturated heterocycles. The third-order valence-corrected chi connectivity index (χ3v) is 6.08. The van der Waals surface area contributed by atoms with Crippen molar-refractivity contribution < 1.29 is 14.4 Å². The fourth-order valence-corrected chi connectivity index (χ4v) is 4.79. The number of allylic oxidation sites excluding steroid dienone is 3. The van der Waals surface area contributed by atoms with Crippen molar-refractivity contribution >= 4 is 29.4 Å². The molecule has 2 aromatic rings. The summed E-state index contributed by atoms with van der Waals surface area (Å²) in [5.41, 5.74) is 1.98. The van der Waals surface area contributed by atoms with Gasteiger partial charge in [0.25, 0.3) is 0 Å². The van der Waals surface area contributed by atoms with Crippen LogP contribution in [0, 0.1) is 23.7 Å². The Bertz CT molecular complexity index is 1010. The molecule has 0 aromatic heterocycles. The van der Waals surface area contributed by atoms with E-state index in [9.17, 15) is 14.4 Å². The molecule has 0 spiro atoms. The van der Waals surface area contributed by atoms with Crippen LogP contribution in [0.3, 0.4) is 0 Å². The predicted molar refractivity (Wildman–Crippen MR) is 106 cm³/mol. The van der Waals surface area contributed by atoms with E-state index < -0.39 is 0 Å². The van der Waals surface area contributed by atoms with Gasteiger partial charge < -0.3 is 0 Å². The minimum atomic E-state index is -0.207. The third kappa shape index (κ3) is 2.56. The van der Waals surface area contributed by atoms with Crippen molar-refractivity contribution in [2.24, 2.45) is 23.7 Å². The Morgan fingerprint density at radius 1 is 0.893 bits per heavy atom. The van der Waals surface area contributed by atoms with Gasteiger partial charge in [-0.2, -0.15) is 0 Å². The quantitative estimate of drug-likeness (QED) is 0.356. The fourth-order valence-electron chi connectivity index (χ4n) is 4.79. The summed E-state index contributed by atoms with van der Waals surface area (Å²) >= 11 is 0. The highest BCUT2D eigenvalue weighted by Gasteiger charge is 2.59. The number of fused-ring (bicyclic) bond motifs is 5. The van der Waals surface area contributed by atoms with Crippen molar-refractivity contribution in [3.8, 4) is 0 Å². The highest BCUT2D eigenvalue weighted by molar-refractivity contribution is 6.23. The van der Waals surface area contributed by atoms with Crippen molar-refractivity contribution in [2.45, 2.75) is 6.42 Å². The van der Waals surface area contributed by atoms with E-state index in [1.165, 1.54) is 11.0 Å². The number of amides is 2. The number of carbonyl (C=O) groups excluding carboxylic acids is 3. The van der Waals surface area contributed by atoms with Crippen LogP contribution >= 0.6 is 0 Å². The Balaban J connectivity index is 1.39. The number of benzene rings is 2. The molecule has 2 aromatic carbocycles. The van der Waals surface area contributed by atoms with Gasteiger partial charge in [0.2, 0.25) is 11.8 Å². The highest BCUT2D eigenvalue weighted by atomic mass is 16.2. The van der Waals surface area contributed by atoms with Gasteiger partial charge in [0.15, 0.2) is 5.78 Å². The lowest BCUT2D eigenvalue weighted by Gasteiger charge is -2.17. The van der Waals surface area contributed by atoms with Crippen LogP contribution in [0.25, 0.3) is 6.08 Å². The van der Waals surface area contributed by atoms with Crippen LogP contribution in [0.15, 0.2) is 72.8 Å². The first-order valence-corrected chi connectivity index (χ1v) is 9.57. The van der Waals surface area contributed by atoms with E-state index in [1.54, 1.807) is 30.3 Å². The molecule has 4 nitrogen and oxygen atoms in total. The van der Waals surface area contributed by atoms with E-state index in [4.69, 9.17) is 0 Å². The van der Waals surface area contributed by atoms with Crippen LogP contribution in [0.2, 0.25) is 0 Å². The monoisotopic (exact) mass is 369 g/mol. The van der Waals surface area contributed by atoms with E-state index in [0.29, 0.717) is 11.3 Å². The highest BCUT2D eigenvalue weighted by Crippen LogP contribution is 2.53. The summed E-state index contributed by atoms with van der Waals surface area (Å²) < 4.78 is 0. The molecule has 2 aliphatic carbocycles. The van der Waals surface area contributed by atoms with Crippen LogP contribution in [0.4, 0.5) is 5.69 Å².